The number of aliphatic hydroxyl groups is 2. The van der Waals surface area contributed by atoms with Crippen molar-refractivity contribution in [3.05, 3.63) is 23.3 Å². The number of allylic oxidation sites excluding steroid dienone is 2. The van der Waals surface area contributed by atoms with Crippen LogP contribution in [-0.4, -0.2) is 21.4 Å². The first-order chi connectivity index (χ1) is 10.2. The third-order valence-electron chi connectivity index (χ3n) is 5.36. The molecule has 2 atom stereocenters. The molecule has 0 amide bonds. The van der Waals surface area contributed by atoms with Crippen molar-refractivity contribution in [1.82, 2.24) is 0 Å². The van der Waals surface area contributed by atoms with Gasteiger partial charge in [0.2, 0.25) is 0 Å². The minimum atomic E-state index is -0.417. The highest BCUT2D eigenvalue weighted by atomic mass is 16.3. The highest BCUT2D eigenvalue weighted by Gasteiger charge is 2.31. The molecule has 2 heteroatoms. The van der Waals surface area contributed by atoms with E-state index in [2.05, 4.69) is 46.8 Å². The van der Waals surface area contributed by atoms with Crippen LogP contribution in [0.25, 0.3) is 0 Å². The van der Waals surface area contributed by atoms with E-state index in [-0.39, 0.29) is 5.60 Å². The SMILES string of the molecule is CC1=CCC(O)(C(C)C)CC1.CCCC1(O)CC=C(C)CC1. The Morgan fingerprint density at radius 1 is 1.00 bits per heavy atom. The third-order valence-corrected chi connectivity index (χ3v) is 5.36. The number of rotatable bonds is 3. The van der Waals surface area contributed by atoms with Gasteiger partial charge in [0, 0.05) is 0 Å². The Kier molecular flexibility index (Phi) is 7.34. The maximum Gasteiger partial charge on any atom is 0.0707 e. The lowest BCUT2D eigenvalue weighted by atomic mass is 9.78. The van der Waals surface area contributed by atoms with Crippen LogP contribution in [0.4, 0.5) is 0 Å². The minimum absolute atomic E-state index is 0.367. The molecule has 128 valence electrons. The van der Waals surface area contributed by atoms with Crippen LogP contribution in [0.5, 0.6) is 0 Å². The normalized spacial score (nSPS) is 32.0. The maximum absolute atomic E-state index is 10.0. The van der Waals surface area contributed by atoms with Gasteiger partial charge in [-0.2, -0.15) is 0 Å². The zero-order valence-corrected chi connectivity index (χ0v) is 15.3. The lowest BCUT2D eigenvalue weighted by Crippen LogP contribution is -2.36. The highest BCUT2D eigenvalue weighted by Crippen LogP contribution is 2.33. The van der Waals surface area contributed by atoms with Gasteiger partial charge in [-0.1, -0.05) is 50.5 Å². The molecular weight excluding hydrogens is 272 g/mol. The molecule has 0 bridgehead atoms. The van der Waals surface area contributed by atoms with Crippen LogP contribution in [0.15, 0.2) is 23.3 Å². The summed E-state index contributed by atoms with van der Waals surface area (Å²) in [6.07, 6.45) is 12.1. The van der Waals surface area contributed by atoms with Crippen molar-refractivity contribution in [2.45, 2.75) is 97.2 Å². The van der Waals surface area contributed by atoms with Crippen molar-refractivity contribution in [2.24, 2.45) is 5.92 Å². The van der Waals surface area contributed by atoms with E-state index < -0.39 is 5.60 Å². The molecule has 0 aromatic heterocycles. The molecule has 0 saturated heterocycles. The Bertz CT molecular complexity index is 408. The van der Waals surface area contributed by atoms with E-state index in [0.717, 1.165) is 51.4 Å². The summed E-state index contributed by atoms with van der Waals surface area (Å²) in [4.78, 5) is 0. The van der Waals surface area contributed by atoms with Gasteiger partial charge in [0.15, 0.2) is 0 Å². The average Bonchev–Trinajstić information content (AvgIpc) is 2.47. The smallest absolute Gasteiger partial charge is 0.0707 e. The minimum Gasteiger partial charge on any atom is -0.390 e. The van der Waals surface area contributed by atoms with Gasteiger partial charge in [-0.25, -0.2) is 0 Å². The quantitative estimate of drug-likeness (QED) is 0.708. The number of hydrogen-bond acceptors (Lipinski definition) is 2. The molecule has 0 radical (unpaired) electrons. The molecule has 2 unspecified atom stereocenters. The summed E-state index contributed by atoms with van der Waals surface area (Å²) in [7, 11) is 0. The van der Waals surface area contributed by atoms with Crippen LogP contribution >= 0.6 is 0 Å². The van der Waals surface area contributed by atoms with Gasteiger partial charge in [0.1, 0.15) is 0 Å². The van der Waals surface area contributed by atoms with Crippen molar-refractivity contribution in [1.29, 1.82) is 0 Å². The van der Waals surface area contributed by atoms with Crippen LogP contribution < -0.4 is 0 Å². The van der Waals surface area contributed by atoms with Crippen LogP contribution in [0.1, 0.15) is 86.0 Å². The fourth-order valence-corrected chi connectivity index (χ4v) is 3.18. The van der Waals surface area contributed by atoms with Gasteiger partial charge in [-0.3, -0.25) is 0 Å². The van der Waals surface area contributed by atoms with E-state index in [0.29, 0.717) is 5.92 Å². The summed E-state index contributed by atoms with van der Waals surface area (Å²) in [5, 5.41) is 20.0. The first-order valence-electron chi connectivity index (χ1n) is 8.97. The Labute approximate surface area is 137 Å². The van der Waals surface area contributed by atoms with E-state index in [1.807, 2.05) is 0 Å². The second kappa shape index (κ2) is 8.31. The summed E-state index contributed by atoms with van der Waals surface area (Å²) in [6.45, 7) is 10.6. The van der Waals surface area contributed by atoms with E-state index >= 15 is 0 Å². The molecule has 0 heterocycles. The summed E-state index contributed by atoms with van der Waals surface area (Å²) >= 11 is 0. The molecule has 2 N–H and O–H groups in total. The topological polar surface area (TPSA) is 40.5 Å². The molecule has 0 saturated carbocycles. The van der Waals surface area contributed by atoms with Crippen molar-refractivity contribution in [3.8, 4) is 0 Å². The van der Waals surface area contributed by atoms with E-state index in [1.54, 1.807) is 0 Å². The highest BCUT2D eigenvalue weighted by molar-refractivity contribution is 5.08. The van der Waals surface area contributed by atoms with Gasteiger partial charge in [-0.15, -0.1) is 0 Å². The molecule has 2 aliphatic carbocycles. The van der Waals surface area contributed by atoms with Gasteiger partial charge < -0.3 is 10.2 Å². The lowest BCUT2D eigenvalue weighted by molar-refractivity contribution is -0.0140. The molecule has 0 fully saturated rings. The lowest BCUT2D eigenvalue weighted by Gasteiger charge is -2.34. The Morgan fingerprint density at radius 3 is 1.91 bits per heavy atom. The van der Waals surface area contributed by atoms with Crippen LogP contribution in [0, 0.1) is 5.92 Å². The van der Waals surface area contributed by atoms with E-state index in [4.69, 9.17) is 0 Å². The van der Waals surface area contributed by atoms with Crippen LogP contribution in [0.2, 0.25) is 0 Å². The fourth-order valence-electron chi connectivity index (χ4n) is 3.18. The van der Waals surface area contributed by atoms with Crippen LogP contribution in [-0.2, 0) is 0 Å². The molecular formula is C20H36O2. The van der Waals surface area contributed by atoms with Gasteiger partial charge in [0.25, 0.3) is 0 Å². The van der Waals surface area contributed by atoms with Crippen LogP contribution in [0.3, 0.4) is 0 Å². The monoisotopic (exact) mass is 308 g/mol. The largest absolute Gasteiger partial charge is 0.390 e. The summed E-state index contributed by atoms with van der Waals surface area (Å²) < 4.78 is 0. The van der Waals surface area contributed by atoms with E-state index in [9.17, 15) is 10.2 Å². The predicted octanol–water partition coefficient (Wildman–Crippen LogP) is 5.15. The Morgan fingerprint density at radius 2 is 1.55 bits per heavy atom. The first-order valence-corrected chi connectivity index (χ1v) is 8.97. The van der Waals surface area contributed by atoms with Gasteiger partial charge in [0.05, 0.1) is 11.2 Å². The standard InChI is InChI=1S/2C10H18O/c1-8(2)10(11)6-4-9(3)5-7-10;1-3-6-10(11)7-4-9(2)5-8-10/h4,8,11H,5-7H2,1-3H3;4,11H,3,5-8H2,1-2H3. The average molecular weight is 309 g/mol. The zero-order valence-electron chi connectivity index (χ0n) is 15.3. The molecule has 0 spiro atoms. The van der Waals surface area contributed by atoms with Crippen molar-refractivity contribution in [2.75, 3.05) is 0 Å². The molecule has 0 aromatic carbocycles. The zero-order chi connectivity index (χ0) is 16.8. The first kappa shape index (κ1) is 19.4. The van der Waals surface area contributed by atoms with Crippen molar-refractivity contribution in [3.63, 3.8) is 0 Å². The maximum atomic E-state index is 10.0. The van der Waals surface area contributed by atoms with Gasteiger partial charge >= 0.3 is 0 Å². The predicted molar refractivity (Wildman–Crippen MR) is 94.9 cm³/mol. The Hall–Kier alpha value is -0.600. The summed E-state index contributed by atoms with van der Waals surface area (Å²) in [6, 6.07) is 0. The van der Waals surface area contributed by atoms with Crippen molar-refractivity contribution >= 4 is 0 Å². The molecule has 2 aliphatic rings. The molecule has 0 aromatic rings. The molecule has 0 aliphatic heterocycles. The Balaban J connectivity index is 0.000000220. The fraction of sp³-hybridized carbons (Fsp3) is 0.800. The molecule has 2 nitrogen and oxygen atoms in total. The van der Waals surface area contributed by atoms with E-state index in [1.165, 1.54) is 11.1 Å². The summed E-state index contributed by atoms with van der Waals surface area (Å²) in [5.41, 5.74) is 2.08. The molecule has 2 rings (SSSR count). The summed E-state index contributed by atoms with van der Waals surface area (Å²) in [5.74, 6) is 0.381. The molecule has 22 heavy (non-hydrogen) atoms. The second-order valence-electron chi connectivity index (χ2n) is 7.74. The number of hydrogen-bond donors (Lipinski definition) is 2. The second-order valence-corrected chi connectivity index (χ2v) is 7.74. The third kappa shape index (κ3) is 5.89. The van der Waals surface area contributed by atoms with Gasteiger partial charge in [-0.05, 0) is 64.7 Å². The van der Waals surface area contributed by atoms with Crippen molar-refractivity contribution < 1.29 is 10.2 Å².